The van der Waals surface area contributed by atoms with Gasteiger partial charge in [-0.25, -0.2) is 9.78 Å². The number of hydrogen-bond donors (Lipinski definition) is 0. The maximum Gasteiger partial charge on any atom is 0.357 e. The second-order valence-electron chi connectivity index (χ2n) is 5.37. The summed E-state index contributed by atoms with van der Waals surface area (Å²) in [5.74, 6) is 0.277. The number of hydrogen-bond acceptors (Lipinski definition) is 5. The van der Waals surface area contributed by atoms with Crippen molar-refractivity contribution in [3.63, 3.8) is 0 Å². The quantitative estimate of drug-likeness (QED) is 0.751. The minimum atomic E-state index is -0.317. The molecule has 1 saturated carbocycles. The van der Waals surface area contributed by atoms with Crippen LogP contribution in [0.2, 0.25) is 0 Å². The zero-order valence-corrected chi connectivity index (χ0v) is 12.7. The van der Waals surface area contributed by atoms with Gasteiger partial charge in [0.05, 0.1) is 6.61 Å². The molecule has 0 spiro atoms. The number of thiazole rings is 1. The molecular formula is C14H22N2O2S. The van der Waals surface area contributed by atoms with E-state index in [4.69, 9.17) is 4.74 Å². The Labute approximate surface area is 118 Å². The molecule has 1 fully saturated rings. The fourth-order valence-corrected chi connectivity index (χ4v) is 3.05. The predicted octanol–water partition coefficient (Wildman–Crippen LogP) is 3.33. The van der Waals surface area contributed by atoms with Crippen LogP contribution in [0.1, 0.15) is 50.5 Å². The molecule has 1 aromatic heterocycles. The number of ether oxygens (including phenoxy) is 1. The molecule has 0 atom stereocenters. The average molecular weight is 282 g/mol. The first-order valence-electron chi connectivity index (χ1n) is 7.01. The lowest BCUT2D eigenvalue weighted by atomic mass is 9.91. The molecule has 5 heteroatoms. The number of aromatic nitrogens is 1. The van der Waals surface area contributed by atoms with E-state index in [1.807, 2.05) is 6.92 Å². The van der Waals surface area contributed by atoms with Crippen LogP contribution >= 0.6 is 11.3 Å². The highest BCUT2D eigenvalue weighted by atomic mass is 32.1. The Morgan fingerprint density at radius 3 is 2.84 bits per heavy atom. The van der Waals surface area contributed by atoms with Gasteiger partial charge < -0.3 is 9.64 Å². The highest BCUT2D eigenvalue weighted by Gasteiger charge is 2.28. The minimum Gasteiger partial charge on any atom is -0.461 e. The second-order valence-corrected chi connectivity index (χ2v) is 6.20. The number of esters is 1. The van der Waals surface area contributed by atoms with E-state index >= 15 is 0 Å². The summed E-state index contributed by atoms with van der Waals surface area (Å²) in [6.07, 6.45) is 3.78. The molecule has 1 aliphatic carbocycles. The molecule has 1 aromatic rings. The first-order chi connectivity index (χ1) is 9.11. The normalized spacial score (nSPS) is 15.4. The lowest BCUT2D eigenvalue weighted by molar-refractivity contribution is 0.0520. The zero-order chi connectivity index (χ0) is 13.8. The third kappa shape index (κ3) is 3.47. The smallest absolute Gasteiger partial charge is 0.357 e. The van der Waals surface area contributed by atoms with E-state index in [1.54, 1.807) is 16.7 Å². The lowest BCUT2D eigenvalue weighted by Gasteiger charge is -2.38. The van der Waals surface area contributed by atoms with E-state index in [0.29, 0.717) is 24.3 Å². The summed E-state index contributed by atoms with van der Waals surface area (Å²) in [6, 6.07) is 0.601. The molecule has 4 nitrogen and oxygen atoms in total. The Morgan fingerprint density at radius 2 is 2.32 bits per heavy atom. The Kier molecular flexibility index (Phi) is 4.80. The minimum absolute atomic E-state index is 0.317. The van der Waals surface area contributed by atoms with Crippen LogP contribution in [0, 0.1) is 5.92 Å². The Hall–Kier alpha value is -1.10. The van der Waals surface area contributed by atoms with E-state index in [1.165, 1.54) is 19.3 Å². The summed E-state index contributed by atoms with van der Waals surface area (Å²) in [5, 5.41) is 2.76. The fraction of sp³-hybridized carbons (Fsp3) is 0.714. The summed E-state index contributed by atoms with van der Waals surface area (Å²) >= 11 is 1.55. The van der Waals surface area contributed by atoms with Gasteiger partial charge in [-0.2, -0.15) is 0 Å². The van der Waals surface area contributed by atoms with Gasteiger partial charge >= 0.3 is 5.97 Å². The van der Waals surface area contributed by atoms with Crippen LogP contribution in [0.3, 0.4) is 0 Å². The van der Waals surface area contributed by atoms with Gasteiger partial charge in [0.15, 0.2) is 10.8 Å². The fourth-order valence-electron chi connectivity index (χ4n) is 2.17. The Balaban J connectivity index is 2.10. The summed E-state index contributed by atoms with van der Waals surface area (Å²) in [5.41, 5.74) is 0.440. The van der Waals surface area contributed by atoms with Crippen molar-refractivity contribution in [1.82, 2.24) is 4.98 Å². The largest absolute Gasteiger partial charge is 0.461 e. The van der Waals surface area contributed by atoms with Crippen molar-refractivity contribution in [3.8, 4) is 0 Å². The molecule has 0 N–H and O–H groups in total. The van der Waals surface area contributed by atoms with E-state index in [-0.39, 0.29) is 5.97 Å². The number of carbonyl (C=O) groups is 1. The first kappa shape index (κ1) is 14.3. The van der Waals surface area contributed by atoms with Crippen LogP contribution in [0.4, 0.5) is 5.13 Å². The molecule has 19 heavy (non-hydrogen) atoms. The maximum absolute atomic E-state index is 11.7. The lowest BCUT2D eigenvalue weighted by Crippen LogP contribution is -2.42. The number of anilines is 1. The van der Waals surface area contributed by atoms with E-state index in [9.17, 15) is 4.79 Å². The zero-order valence-electron chi connectivity index (χ0n) is 11.9. The van der Waals surface area contributed by atoms with E-state index in [2.05, 4.69) is 23.7 Å². The first-order valence-corrected chi connectivity index (χ1v) is 7.89. The van der Waals surface area contributed by atoms with Crippen LogP contribution in [-0.2, 0) is 4.74 Å². The van der Waals surface area contributed by atoms with Gasteiger partial charge in [0.1, 0.15) is 0 Å². The summed E-state index contributed by atoms with van der Waals surface area (Å²) in [7, 11) is 0. The van der Waals surface area contributed by atoms with Gasteiger partial charge in [-0.1, -0.05) is 13.8 Å². The van der Waals surface area contributed by atoms with Crippen molar-refractivity contribution >= 4 is 22.4 Å². The highest BCUT2D eigenvalue weighted by molar-refractivity contribution is 7.13. The Bertz CT molecular complexity index is 427. The number of rotatable bonds is 6. The molecule has 0 bridgehead atoms. The van der Waals surface area contributed by atoms with Gasteiger partial charge in [0.2, 0.25) is 0 Å². The SMILES string of the molecule is CCOC(=O)c1csc(N(CC(C)C)C2CCC2)n1. The molecule has 0 amide bonds. The molecule has 0 radical (unpaired) electrons. The molecule has 0 aromatic carbocycles. The topological polar surface area (TPSA) is 42.4 Å². The molecular weight excluding hydrogens is 260 g/mol. The monoisotopic (exact) mass is 282 g/mol. The van der Waals surface area contributed by atoms with Gasteiger partial charge in [-0.3, -0.25) is 0 Å². The standard InChI is InChI=1S/C14H22N2O2S/c1-4-18-13(17)12-9-19-14(15-12)16(8-10(2)3)11-6-5-7-11/h9-11H,4-8H2,1-3H3. The third-order valence-corrected chi connectivity index (χ3v) is 4.18. The van der Waals surface area contributed by atoms with Gasteiger partial charge in [-0.05, 0) is 32.1 Å². The van der Waals surface area contributed by atoms with Crippen LogP contribution in [0.25, 0.3) is 0 Å². The molecule has 0 aliphatic heterocycles. The molecule has 106 valence electrons. The van der Waals surface area contributed by atoms with Crippen LogP contribution < -0.4 is 4.90 Å². The van der Waals surface area contributed by atoms with Crippen molar-refractivity contribution < 1.29 is 9.53 Å². The summed E-state index contributed by atoms with van der Waals surface area (Å²) in [4.78, 5) is 18.5. The third-order valence-electron chi connectivity index (χ3n) is 3.30. The predicted molar refractivity (Wildman–Crippen MR) is 77.9 cm³/mol. The van der Waals surface area contributed by atoms with Gasteiger partial charge in [-0.15, -0.1) is 11.3 Å². The number of carbonyl (C=O) groups excluding carboxylic acids is 1. The van der Waals surface area contributed by atoms with Gasteiger partial charge in [0.25, 0.3) is 0 Å². The highest BCUT2D eigenvalue weighted by Crippen LogP contribution is 2.32. The van der Waals surface area contributed by atoms with Crippen molar-refractivity contribution in [3.05, 3.63) is 11.1 Å². The van der Waals surface area contributed by atoms with Crippen molar-refractivity contribution in [2.45, 2.75) is 46.1 Å². The van der Waals surface area contributed by atoms with Crippen LogP contribution in [0.5, 0.6) is 0 Å². The molecule has 1 heterocycles. The Morgan fingerprint density at radius 1 is 1.58 bits per heavy atom. The number of nitrogens with zero attached hydrogens (tertiary/aromatic N) is 2. The summed E-state index contributed by atoms with van der Waals surface area (Å²) in [6.45, 7) is 7.63. The van der Waals surface area contributed by atoms with Crippen molar-refractivity contribution in [2.24, 2.45) is 5.92 Å². The average Bonchev–Trinajstić information content (AvgIpc) is 2.74. The van der Waals surface area contributed by atoms with Crippen molar-refractivity contribution in [1.29, 1.82) is 0 Å². The molecule has 0 saturated heterocycles. The molecule has 1 aliphatic rings. The van der Waals surface area contributed by atoms with Crippen LogP contribution in [0.15, 0.2) is 5.38 Å². The van der Waals surface area contributed by atoms with Crippen LogP contribution in [-0.4, -0.2) is 30.1 Å². The summed E-state index contributed by atoms with van der Waals surface area (Å²) < 4.78 is 4.99. The maximum atomic E-state index is 11.7. The molecule has 0 unspecified atom stereocenters. The van der Waals surface area contributed by atoms with E-state index in [0.717, 1.165) is 11.7 Å². The van der Waals surface area contributed by atoms with Crippen molar-refractivity contribution in [2.75, 3.05) is 18.1 Å². The van der Waals surface area contributed by atoms with Gasteiger partial charge in [0, 0.05) is 18.0 Å². The second kappa shape index (κ2) is 6.37. The van der Waals surface area contributed by atoms with E-state index < -0.39 is 0 Å². The molecule has 2 rings (SSSR count).